The lowest BCUT2D eigenvalue weighted by atomic mass is 9.95. The molecule has 2 aromatic carbocycles. The molecule has 3 nitrogen and oxygen atoms in total. The number of aryl methyl sites for hydroxylation is 2. The van der Waals surface area contributed by atoms with Gasteiger partial charge in [0.15, 0.2) is 0 Å². The maximum atomic E-state index is 5.42. The zero-order chi connectivity index (χ0) is 16.1. The summed E-state index contributed by atoms with van der Waals surface area (Å²) in [5.74, 6) is 1.29. The van der Waals surface area contributed by atoms with Crippen LogP contribution < -0.4 is 4.74 Å². The monoisotopic (exact) mass is 296 g/mol. The molecule has 0 saturated carbocycles. The quantitative estimate of drug-likeness (QED) is 0.601. The van der Waals surface area contributed by atoms with Gasteiger partial charge in [-0.2, -0.15) is 10.2 Å². The fourth-order valence-electron chi connectivity index (χ4n) is 2.34. The van der Waals surface area contributed by atoms with Gasteiger partial charge in [-0.05, 0) is 55.5 Å². The van der Waals surface area contributed by atoms with Gasteiger partial charge < -0.3 is 4.74 Å². The Morgan fingerprint density at radius 3 is 2.32 bits per heavy atom. The van der Waals surface area contributed by atoms with Gasteiger partial charge in [-0.25, -0.2) is 0 Å². The Labute approximate surface area is 133 Å². The van der Waals surface area contributed by atoms with Crippen LogP contribution in [0.1, 0.15) is 42.9 Å². The first-order chi connectivity index (χ1) is 10.5. The summed E-state index contributed by atoms with van der Waals surface area (Å²) in [4.78, 5) is 0. The second kappa shape index (κ2) is 7.21. The number of hydrogen-bond acceptors (Lipinski definition) is 3. The summed E-state index contributed by atoms with van der Waals surface area (Å²) in [5.41, 5.74) is 5.32. The smallest absolute Gasteiger partial charge is 0.124 e. The maximum absolute atomic E-state index is 5.42. The van der Waals surface area contributed by atoms with Crippen LogP contribution in [0.5, 0.6) is 5.75 Å². The first-order valence-electron chi connectivity index (χ1n) is 7.72. The van der Waals surface area contributed by atoms with Crippen molar-refractivity contribution in [2.24, 2.45) is 10.2 Å². The Hall–Kier alpha value is -2.16. The van der Waals surface area contributed by atoms with Gasteiger partial charge in [-0.1, -0.05) is 31.5 Å². The molecule has 0 aromatic heterocycles. The molecule has 0 bridgehead atoms. The molecule has 0 spiro atoms. The van der Waals surface area contributed by atoms with E-state index in [0.29, 0.717) is 5.92 Å². The second-order valence-electron chi connectivity index (χ2n) is 5.73. The zero-order valence-corrected chi connectivity index (χ0v) is 14.1. The summed E-state index contributed by atoms with van der Waals surface area (Å²) in [6.45, 7) is 8.52. The van der Waals surface area contributed by atoms with Gasteiger partial charge in [0.05, 0.1) is 18.5 Å². The average Bonchev–Trinajstić information content (AvgIpc) is 2.54. The first-order valence-corrected chi connectivity index (χ1v) is 7.72. The number of ether oxygens (including phenoxy) is 1. The molecule has 0 fully saturated rings. The third-order valence-electron chi connectivity index (χ3n) is 3.99. The third-order valence-corrected chi connectivity index (χ3v) is 3.99. The molecule has 0 saturated heterocycles. The summed E-state index contributed by atoms with van der Waals surface area (Å²) in [6, 6.07) is 12.2. The Balaban J connectivity index is 2.41. The lowest BCUT2D eigenvalue weighted by molar-refractivity contribution is 0.411. The van der Waals surface area contributed by atoms with Crippen molar-refractivity contribution in [3.8, 4) is 5.75 Å². The van der Waals surface area contributed by atoms with Crippen molar-refractivity contribution in [3.63, 3.8) is 0 Å². The standard InChI is InChI=1S/C19H24N2O/c1-6-14(3)17-11-15(4)19(22-5)12-18(17)21-20-16-9-7-13(2)8-10-16/h7-12,14H,6H2,1-5H3. The van der Waals surface area contributed by atoms with Crippen molar-refractivity contribution in [1.82, 2.24) is 0 Å². The summed E-state index contributed by atoms with van der Waals surface area (Å²) in [6.07, 6.45) is 1.07. The molecule has 22 heavy (non-hydrogen) atoms. The third kappa shape index (κ3) is 3.73. The number of hydrogen-bond donors (Lipinski definition) is 0. The summed E-state index contributed by atoms with van der Waals surface area (Å²) < 4.78 is 5.42. The highest BCUT2D eigenvalue weighted by Gasteiger charge is 2.12. The maximum Gasteiger partial charge on any atom is 0.124 e. The van der Waals surface area contributed by atoms with E-state index in [-0.39, 0.29) is 0 Å². The molecule has 0 amide bonds. The van der Waals surface area contributed by atoms with E-state index >= 15 is 0 Å². The second-order valence-corrected chi connectivity index (χ2v) is 5.73. The Bertz CT molecular complexity index is 660. The van der Waals surface area contributed by atoms with E-state index in [0.717, 1.165) is 29.1 Å². The van der Waals surface area contributed by atoms with E-state index in [1.807, 2.05) is 30.3 Å². The van der Waals surface area contributed by atoms with Crippen LogP contribution in [-0.4, -0.2) is 7.11 Å². The van der Waals surface area contributed by atoms with Gasteiger partial charge in [0.2, 0.25) is 0 Å². The predicted octanol–water partition coefficient (Wildman–Crippen LogP) is 6.24. The number of benzene rings is 2. The number of methoxy groups -OCH3 is 1. The molecule has 0 N–H and O–H groups in total. The highest BCUT2D eigenvalue weighted by Crippen LogP contribution is 2.35. The van der Waals surface area contributed by atoms with E-state index in [9.17, 15) is 0 Å². The van der Waals surface area contributed by atoms with Crippen LogP contribution in [0.2, 0.25) is 0 Å². The highest BCUT2D eigenvalue weighted by molar-refractivity contribution is 5.55. The summed E-state index contributed by atoms with van der Waals surface area (Å²) >= 11 is 0. The first kappa shape index (κ1) is 16.2. The molecule has 0 aliphatic rings. The highest BCUT2D eigenvalue weighted by atomic mass is 16.5. The molecule has 0 aliphatic heterocycles. The van der Waals surface area contributed by atoms with Crippen molar-refractivity contribution in [2.45, 2.75) is 40.0 Å². The molecule has 2 rings (SSSR count). The molecule has 0 aliphatic carbocycles. The summed E-state index contributed by atoms with van der Waals surface area (Å²) in [5, 5.41) is 8.84. The number of rotatable bonds is 5. The minimum Gasteiger partial charge on any atom is -0.496 e. The van der Waals surface area contributed by atoms with E-state index in [4.69, 9.17) is 4.74 Å². The lowest BCUT2D eigenvalue weighted by Gasteiger charge is -2.15. The van der Waals surface area contributed by atoms with Crippen LogP contribution in [0.4, 0.5) is 11.4 Å². The van der Waals surface area contributed by atoms with E-state index in [2.05, 4.69) is 44.0 Å². The van der Waals surface area contributed by atoms with Crippen LogP contribution in [0.25, 0.3) is 0 Å². The molecule has 0 radical (unpaired) electrons. The van der Waals surface area contributed by atoms with Crippen LogP contribution in [0.15, 0.2) is 46.6 Å². The van der Waals surface area contributed by atoms with Crippen LogP contribution >= 0.6 is 0 Å². The topological polar surface area (TPSA) is 34.0 Å². The molecule has 1 atom stereocenters. The Morgan fingerprint density at radius 1 is 1.05 bits per heavy atom. The van der Waals surface area contributed by atoms with Crippen molar-refractivity contribution in [3.05, 3.63) is 53.1 Å². The van der Waals surface area contributed by atoms with Crippen LogP contribution in [-0.2, 0) is 0 Å². The van der Waals surface area contributed by atoms with E-state index in [1.54, 1.807) is 7.11 Å². The van der Waals surface area contributed by atoms with Gasteiger partial charge in [0.25, 0.3) is 0 Å². The molecule has 116 valence electrons. The predicted molar refractivity (Wildman–Crippen MR) is 91.8 cm³/mol. The van der Waals surface area contributed by atoms with Crippen LogP contribution in [0.3, 0.4) is 0 Å². The molecule has 1 unspecified atom stereocenters. The van der Waals surface area contributed by atoms with Gasteiger partial charge in [0, 0.05) is 6.07 Å². The van der Waals surface area contributed by atoms with Crippen molar-refractivity contribution in [1.29, 1.82) is 0 Å². The average molecular weight is 296 g/mol. The van der Waals surface area contributed by atoms with Gasteiger partial charge in [-0.15, -0.1) is 0 Å². The Kier molecular flexibility index (Phi) is 5.31. The Morgan fingerprint density at radius 2 is 1.73 bits per heavy atom. The minimum atomic E-state index is 0.441. The van der Waals surface area contributed by atoms with Crippen LogP contribution in [0, 0.1) is 13.8 Å². The van der Waals surface area contributed by atoms with Crippen molar-refractivity contribution < 1.29 is 4.74 Å². The molecule has 2 aromatic rings. The molecular weight excluding hydrogens is 272 g/mol. The zero-order valence-electron chi connectivity index (χ0n) is 14.1. The van der Waals surface area contributed by atoms with E-state index < -0.39 is 0 Å². The fourth-order valence-corrected chi connectivity index (χ4v) is 2.34. The van der Waals surface area contributed by atoms with Gasteiger partial charge >= 0.3 is 0 Å². The SMILES string of the molecule is CCC(C)c1cc(C)c(OC)cc1N=Nc1ccc(C)cc1. The van der Waals surface area contributed by atoms with E-state index in [1.165, 1.54) is 11.1 Å². The summed E-state index contributed by atoms with van der Waals surface area (Å²) in [7, 11) is 1.69. The van der Waals surface area contributed by atoms with Gasteiger partial charge in [0.1, 0.15) is 5.75 Å². The minimum absolute atomic E-state index is 0.441. The van der Waals surface area contributed by atoms with Crippen molar-refractivity contribution >= 4 is 11.4 Å². The molecular formula is C19H24N2O. The van der Waals surface area contributed by atoms with Gasteiger partial charge in [-0.3, -0.25) is 0 Å². The fraction of sp³-hybridized carbons (Fsp3) is 0.368. The number of nitrogens with zero attached hydrogens (tertiary/aromatic N) is 2. The largest absolute Gasteiger partial charge is 0.496 e. The van der Waals surface area contributed by atoms with Crippen molar-refractivity contribution in [2.75, 3.05) is 7.11 Å². The molecule has 3 heteroatoms. The normalized spacial score (nSPS) is 12.6. The molecule has 0 heterocycles. The number of azo groups is 1. The lowest BCUT2D eigenvalue weighted by Crippen LogP contribution is -1.95.